The van der Waals surface area contributed by atoms with Gasteiger partial charge in [0.2, 0.25) is 0 Å². The fourth-order valence-corrected chi connectivity index (χ4v) is 2.54. The van der Waals surface area contributed by atoms with Crippen molar-refractivity contribution in [2.75, 3.05) is 18.4 Å². The molecule has 2 aromatic carbocycles. The molecule has 1 atom stereocenters. The first-order valence-electron chi connectivity index (χ1n) is 6.91. The molecule has 3 rings (SSSR count). The average Bonchev–Trinajstić information content (AvgIpc) is 2.53. The SMILES string of the molecule is NCC1CNc2cccc(-c3ccccc3C(F)(F)F)c2O1. The molecule has 22 heavy (non-hydrogen) atoms. The van der Waals surface area contributed by atoms with Crippen molar-refractivity contribution in [3.8, 4) is 16.9 Å². The van der Waals surface area contributed by atoms with Crippen molar-refractivity contribution < 1.29 is 17.9 Å². The van der Waals surface area contributed by atoms with E-state index in [9.17, 15) is 13.2 Å². The highest BCUT2D eigenvalue weighted by Crippen LogP contribution is 2.44. The van der Waals surface area contributed by atoms with Gasteiger partial charge in [0.25, 0.3) is 0 Å². The smallest absolute Gasteiger partial charge is 0.417 e. The fraction of sp³-hybridized carbons (Fsp3) is 0.250. The van der Waals surface area contributed by atoms with Gasteiger partial charge in [-0.25, -0.2) is 0 Å². The maximum atomic E-state index is 13.2. The van der Waals surface area contributed by atoms with Crippen molar-refractivity contribution in [3.05, 3.63) is 48.0 Å². The molecule has 0 spiro atoms. The van der Waals surface area contributed by atoms with Gasteiger partial charge in [0.05, 0.1) is 17.8 Å². The Bertz CT molecular complexity index is 685. The van der Waals surface area contributed by atoms with E-state index in [0.717, 1.165) is 6.07 Å². The third-order valence-corrected chi connectivity index (χ3v) is 3.61. The van der Waals surface area contributed by atoms with Crippen LogP contribution in [0.15, 0.2) is 42.5 Å². The fourth-order valence-electron chi connectivity index (χ4n) is 2.54. The summed E-state index contributed by atoms with van der Waals surface area (Å²) in [6.45, 7) is 0.829. The number of hydrogen-bond donors (Lipinski definition) is 2. The Morgan fingerprint density at radius 2 is 1.82 bits per heavy atom. The van der Waals surface area contributed by atoms with E-state index in [1.165, 1.54) is 12.1 Å². The minimum Gasteiger partial charge on any atom is -0.484 e. The van der Waals surface area contributed by atoms with E-state index in [1.54, 1.807) is 24.3 Å². The first-order valence-corrected chi connectivity index (χ1v) is 6.91. The van der Waals surface area contributed by atoms with Gasteiger partial charge in [-0.15, -0.1) is 0 Å². The van der Waals surface area contributed by atoms with E-state index >= 15 is 0 Å². The van der Waals surface area contributed by atoms with Crippen LogP contribution in [0.25, 0.3) is 11.1 Å². The first-order chi connectivity index (χ1) is 10.5. The topological polar surface area (TPSA) is 47.3 Å². The number of hydrogen-bond acceptors (Lipinski definition) is 3. The average molecular weight is 308 g/mol. The largest absolute Gasteiger partial charge is 0.484 e. The Morgan fingerprint density at radius 1 is 1.09 bits per heavy atom. The molecule has 1 aliphatic rings. The van der Waals surface area contributed by atoms with E-state index in [2.05, 4.69) is 5.32 Å². The number of para-hydroxylation sites is 1. The molecule has 2 aromatic rings. The molecule has 1 heterocycles. The van der Waals surface area contributed by atoms with Gasteiger partial charge in [-0.1, -0.05) is 30.3 Å². The summed E-state index contributed by atoms with van der Waals surface area (Å²) >= 11 is 0. The monoisotopic (exact) mass is 308 g/mol. The second kappa shape index (κ2) is 5.53. The molecule has 0 amide bonds. The van der Waals surface area contributed by atoms with Gasteiger partial charge < -0.3 is 15.8 Å². The predicted octanol–water partition coefficient (Wildman–Crippen LogP) is 3.50. The van der Waals surface area contributed by atoms with Crippen LogP contribution >= 0.6 is 0 Å². The molecule has 0 radical (unpaired) electrons. The molecule has 1 aliphatic heterocycles. The van der Waals surface area contributed by atoms with Crippen LogP contribution in [0.1, 0.15) is 5.56 Å². The molecule has 3 nitrogen and oxygen atoms in total. The summed E-state index contributed by atoms with van der Waals surface area (Å²) in [5, 5.41) is 3.15. The Kier molecular flexibility index (Phi) is 3.70. The number of anilines is 1. The number of halogens is 3. The Morgan fingerprint density at radius 3 is 2.55 bits per heavy atom. The number of alkyl halides is 3. The van der Waals surface area contributed by atoms with Crippen molar-refractivity contribution in [2.24, 2.45) is 5.73 Å². The molecule has 116 valence electrons. The van der Waals surface area contributed by atoms with E-state index in [1.807, 2.05) is 0 Å². The Labute approximate surface area is 125 Å². The van der Waals surface area contributed by atoms with E-state index in [-0.39, 0.29) is 11.7 Å². The number of nitrogens with one attached hydrogen (secondary N) is 1. The maximum Gasteiger partial charge on any atom is 0.417 e. The van der Waals surface area contributed by atoms with Gasteiger partial charge in [0, 0.05) is 12.1 Å². The zero-order valence-electron chi connectivity index (χ0n) is 11.7. The molecule has 0 bridgehead atoms. The zero-order valence-corrected chi connectivity index (χ0v) is 11.7. The lowest BCUT2D eigenvalue weighted by Gasteiger charge is -2.28. The first kappa shape index (κ1) is 14.7. The molecular weight excluding hydrogens is 293 g/mol. The predicted molar refractivity (Wildman–Crippen MR) is 78.8 cm³/mol. The van der Waals surface area contributed by atoms with Gasteiger partial charge in [-0.05, 0) is 17.7 Å². The molecule has 0 fully saturated rings. The van der Waals surface area contributed by atoms with Crippen LogP contribution in [0.4, 0.5) is 18.9 Å². The molecule has 1 unspecified atom stereocenters. The van der Waals surface area contributed by atoms with Gasteiger partial charge in [0.1, 0.15) is 6.10 Å². The van der Waals surface area contributed by atoms with Crippen molar-refractivity contribution >= 4 is 5.69 Å². The molecular formula is C16H15F3N2O. The van der Waals surface area contributed by atoms with Crippen LogP contribution in [0, 0.1) is 0 Å². The zero-order chi connectivity index (χ0) is 15.7. The minimum absolute atomic E-state index is 0.103. The van der Waals surface area contributed by atoms with Crippen molar-refractivity contribution in [2.45, 2.75) is 12.3 Å². The molecule has 0 saturated heterocycles. The minimum atomic E-state index is -4.42. The number of fused-ring (bicyclic) bond motifs is 1. The van der Waals surface area contributed by atoms with E-state index < -0.39 is 11.7 Å². The van der Waals surface area contributed by atoms with Crippen LogP contribution in [0.2, 0.25) is 0 Å². The summed E-state index contributed by atoms with van der Waals surface area (Å²) in [4.78, 5) is 0. The van der Waals surface area contributed by atoms with Crippen LogP contribution < -0.4 is 15.8 Å². The summed E-state index contributed by atoms with van der Waals surface area (Å²) < 4.78 is 45.5. The van der Waals surface area contributed by atoms with Gasteiger partial charge in [-0.3, -0.25) is 0 Å². The number of nitrogens with two attached hydrogens (primary N) is 1. The lowest BCUT2D eigenvalue weighted by molar-refractivity contribution is -0.137. The van der Waals surface area contributed by atoms with Crippen LogP contribution in [-0.2, 0) is 6.18 Å². The van der Waals surface area contributed by atoms with Crippen molar-refractivity contribution in [1.82, 2.24) is 0 Å². The van der Waals surface area contributed by atoms with Crippen LogP contribution in [-0.4, -0.2) is 19.2 Å². The van der Waals surface area contributed by atoms with Crippen LogP contribution in [0.5, 0.6) is 5.75 Å². The standard InChI is InChI=1S/C16H15F3N2O/c17-16(18,19)13-6-2-1-4-11(13)12-5-3-7-14-15(12)22-10(8-20)9-21-14/h1-7,10,21H,8-9,20H2. The third kappa shape index (κ3) is 2.62. The molecule has 0 aromatic heterocycles. The molecule has 0 aliphatic carbocycles. The highest BCUT2D eigenvalue weighted by atomic mass is 19.4. The van der Waals surface area contributed by atoms with Crippen molar-refractivity contribution in [3.63, 3.8) is 0 Å². The summed E-state index contributed by atoms with van der Waals surface area (Å²) in [6, 6.07) is 10.6. The Hall–Kier alpha value is -2.21. The molecule has 3 N–H and O–H groups in total. The number of ether oxygens (including phenoxy) is 1. The van der Waals surface area contributed by atoms with E-state index in [4.69, 9.17) is 10.5 Å². The second-order valence-corrected chi connectivity index (χ2v) is 5.08. The highest BCUT2D eigenvalue weighted by molar-refractivity contribution is 5.81. The summed E-state index contributed by atoms with van der Waals surface area (Å²) in [6.07, 6.45) is -4.68. The summed E-state index contributed by atoms with van der Waals surface area (Å²) in [5.74, 6) is 0.418. The normalized spacial score (nSPS) is 17.4. The quantitative estimate of drug-likeness (QED) is 0.892. The lowest BCUT2D eigenvalue weighted by Crippen LogP contribution is -2.37. The van der Waals surface area contributed by atoms with E-state index in [0.29, 0.717) is 30.1 Å². The van der Waals surface area contributed by atoms with Gasteiger partial charge in [-0.2, -0.15) is 13.2 Å². The highest BCUT2D eigenvalue weighted by Gasteiger charge is 2.34. The Balaban J connectivity index is 2.15. The third-order valence-electron chi connectivity index (χ3n) is 3.61. The van der Waals surface area contributed by atoms with Gasteiger partial charge >= 0.3 is 6.18 Å². The summed E-state index contributed by atoms with van der Waals surface area (Å²) in [5.41, 5.74) is 6.12. The van der Waals surface area contributed by atoms with Gasteiger partial charge in [0.15, 0.2) is 5.75 Å². The number of rotatable bonds is 2. The van der Waals surface area contributed by atoms with Crippen LogP contribution in [0.3, 0.4) is 0 Å². The summed E-state index contributed by atoms with van der Waals surface area (Å²) in [7, 11) is 0. The lowest BCUT2D eigenvalue weighted by atomic mass is 9.97. The second-order valence-electron chi connectivity index (χ2n) is 5.08. The molecule has 0 saturated carbocycles. The van der Waals surface area contributed by atoms with Crippen molar-refractivity contribution in [1.29, 1.82) is 0 Å². The maximum absolute atomic E-state index is 13.2. The number of benzene rings is 2. The molecule has 6 heteroatoms.